The number of hydrogen-bond acceptors (Lipinski definition) is 1. The molecule has 1 fully saturated rings. The fraction of sp³-hybridized carbons (Fsp3) is 0.538. The second kappa shape index (κ2) is 4.39. The summed E-state index contributed by atoms with van der Waals surface area (Å²) in [6.45, 7) is 2.37. The third-order valence-corrected chi connectivity index (χ3v) is 3.68. The molecule has 0 heterocycles. The van der Waals surface area contributed by atoms with Crippen LogP contribution in [-0.4, -0.2) is 0 Å². The van der Waals surface area contributed by atoms with Gasteiger partial charge in [-0.15, -0.1) is 12.6 Å². The first kappa shape index (κ1) is 10.1. The highest BCUT2D eigenvalue weighted by atomic mass is 32.1. The van der Waals surface area contributed by atoms with Gasteiger partial charge in [0.25, 0.3) is 0 Å². The quantitative estimate of drug-likeness (QED) is 0.652. The normalized spacial score (nSPS) is 27.6. The lowest BCUT2D eigenvalue weighted by atomic mass is 9.79. The van der Waals surface area contributed by atoms with Gasteiger partial charge in [-0.1, -0.05) is 31.9 Å². The van der Waals surface area contributed by atoms with Crippen molar-refractivity contribution in [2.45, 2.75) is 43.4 Å². The molecule has 0 atom stereocenters. The Kier molecular flexibility index (Phi) is 3.17. The van der Waals surface area contributed by atoms with Crippen molar-refractivity contribution < 1.29 is 0 Å². The van der Waals surface area contributed by atoms with Gasteiger partial charge in [0, 0.05) is 4.90 Å². The van der Waals surface area contributed by atoms with Crippen LogP contribution >= 0.6 is 12.6 Å². The molecule has 0 amide bonds. The van der Waals surface area contributed by atoms with Gasteiger partial charge in [-0.05, 0) is 42.4 Å². The molecule has 0 aliphatic heterocycles. The first-order chi connectivity index (χ1) is 6.75. The molecule has 0 radical (unpaired) electrons. The van der Waals surface area contributed by atoms with Gasteiger partial charge in [0.2, 0.25) is 0 Å². The van der Waals surface area contributed by atoms with Gasteiger partial charge >= 0.3 is 0 Å². The lowest BCUT2D eigenvalue weighted by molar-refractivity contribution is 0.348. The second-order valence-electron chi connectivity index (χ2n) is 4.55. The molecule has 14 heavy (non-hydrogen) atoms. The van der Waals surface area contributed by atoms with Crippen LogP contribution in [0.5, 0.6) is 0 Å². The summed E-state index contributed by atoms with van der Waals surface area (Å²) in [6, 6.07) is 8.69. The van der Waals surface area contributed by atoms with E-state index in [4.69, 9.17) is 0 Å². The summed E-state index contributed by atoms with van der Waals surface area (Å²) in [7, 11) is 0. The predicted molar refractivity (Wildman–Crippen MR) is 64.1 cm³/mol. The molecule has 0 spiro atoms. The van der Waals surface area contributed by atoms with Gasteiger partial charge in [0.05, 0.1) is 0 Å². The van der Waals surface area contributed by atoms with E-state index in [1.807, 2.05) is 0 Å². The zero-order valence-electron chi connectivity index (χ0n) is 8.74. The van der Waals surface area contributed by atoms with Crippen molar-refractivity contribution in [2.75, 3.05) is 0 Å². The van der Waals surface area contributed by atoms with Crippen molar-refractivity contribution in [1.82, 2.24) is 0 Å². The standard InChI is InChI=1S/C13H18S/c1-10-2-4-11(5-3-10)12-6-8-13(14)9-7-12/h6-11,14H,2-5H2,1H3. The highest BCUT2D eigenvalue weighted by Gasteiger charge is 2.19. The van der Waals surface area contributed by atoms with Gasteiger partial charge < -0.3 is 0 Å². The maximum absolute atomic E-state index is 4.31. The Hall–Kier alpha value is -0.430. The summed E-state index contributed by atoms with van der Waals surface area (Å²) < 4.78 is 0. The zero-order chi connectivity index (χ0) is 9.97. The highest BCUT2D eigenvalue weighted by molar-refractivity contribution is 7.80. The van der Waals surface area contributed by atoms with Crippen molar-refractivity contribution >= 4 is 12.6 Å². The average molecular weight is 206 g/mol. The molecule has 1 aliphatic carbocycles. The molecule has 0 aromatic heterocycles. The first-order valence-corrected chi connectivity index (χ1v) is 5.99. The Morgan fingerprint density at radius 1 is 1.00 bits per heavy atom. The Labute approximate surface area is 92.1 Å². The van der Waals surface area contributed by atoms with E-state index in [9.17, 15) is 0 Å². The van der Waals surface area contributed by atoms with Crippen molar-refractivity contribution in [1.29, 1.82) is 0 Å². The zero-order valence-corrected chi connectivity index (χ0v) is 9.63. The molecule has 0 saturated heterocycles. The Bertz CT molecular complexity index is 281. The predicted octanol–water partition coefficient (Wildman–Crippen LogP) is 4.27. The van der Waals surface area contributed by atoms with Crippen molar-refractivity contribution in [2.24, 2.45) is 5.92 Å². The SMILES string of the molecule is CC1CCC(c2ccc(S)cc2)CC1. The van der Waals surface area contributed by atoms with Crippen LogP contribution in [0, 0.1) is 5.92 Å². The van der Waals surface area contributed by atoms with E-state index >= 15 is 0 Å². The maximum atomic E-state index is 4.31. The van der Waals surface area contributed by atoms with Gasteiger partial charge in [-0.2, -0.15) is 0 Å². The van der Waals surface area contributed by atoms with E-state index in [0.29, 0.717) is 0 Å². The Morgan fingerprint density at radius 3 is 2.14 bits per heavy atom. The molecule has 76 valence electrons. The molecule has 1 aliphatic rings. The fourth-order valence-electron chi connectivity index (χ4n) is 2.34. The molecule has 0 unspecified atom stereocenters. The highest BCUT2D eigenvalue weighted by Crippen LogP contribution is 2.35. The third kappa shape index (κ3) is 2.33. The second-order valence-corrected chi connectivity index (χ2v) is 5.06. The van der Waals surface area contributed by atoms with E-state index in [1.54, 1.807) is 0 Å². The maximum Gasteiger partial charge on any atom is 0.00401 e. The van der Waals surface area contributed by atoms with Gasteiger partial charge in [0.1, 0.15) is 0 Å². The number of hydrogen-bond donors (Lipinski definition) is 1. The fourth-order valence-corrected chi connectivity index (χ4v) is 2.49. The molecule has 1 aromatic rings. The van der Waals surface area contributed by atoms with Crippen LogP contribution in [0.4, 0.5) is 0 Å². The summed E-state index contributed by atoms with van der Waals surface area (Å²) in [5, 5.41) is 0. The molecule has 1 heteroatoms. The lowest BCUT2D eigenvalue weighted by Crippen LogP contribution is -2.10. The molecule has 0 bridgehead atoms. The minimum absolute atomic E-state index is 0.806. The van der Waals surface area contributed by atoms with Crippen LogP contribution in [0.15, 0.2) is 29.2 Å². The number of rotatable bonds is 1. The van der Waals surface area contributed by atoms with Crippen LogP contribution in [0.3, 0.4) is 0 Å². The lowest BCUT2D eigenvalue weighted by Gasteiger charge is -2.26. The molecule has 0 nitrogen and oxygen atoms in total. The molecule has 0 N–H and O–H groups in total. The number of thiol groups is 1. The van der Waals surface area contributed by atoms with Gasteiger partial charge in [0.15, 0.2) is 0 Å². The van der Waals surface area contributed by atoms with E-state index in [2.05, 4.69) is 43.8 Å². The van der Waals surface area contributed by atoms with Crippen molar-refractivity contribution in [3.8, 4) is 0 Å². The minimum atomic E-state index is 0.806. The first-order valence-electron chi connectivity index (χ1n) is 5.54. The summed E-state index contributed by atoms with van der Waals surface area (Å²) in [6.07, 6.45) is 5.53. The molecule has 1 saturated carbocycles. The summed E-state index contributed by atoms with van der Waals surface area (Å²) in [4.78, 5) is 1.07. The summed E-state index contributed by atoms with van der Waals surface area (Å²) in [5.41, 5.74) is 1.51. The molecular formula is C13H18S. The topological polar surface area (TPSA) is 0 Å². The summed E-state index contributed by atoms with van der Waals surface area (Å²) >= 11 is 4.31. The van der Waals surface area contributed by atoms with E-state index in [0.717, 1.165) is 16.7 Å². The summed E-state index contributed by atoms with van der Waals surface area (Å²) in [5.74, 6) is 1.75. The average Bonchev–Trinajstić information content (AvgIpc) is 2.21. The monoisotopic (exact) mass is 206 g/mol. The van der Waals surface area contributed by atoms with Crippen LogP contribution in [-0.2, 0) is 0 Å². The Morgan fingerprint density at radius 2 is 1.57 bits per heavy atom. The van der Waals surface area contributed by atoms with Crippen molar-refractivity contribution in [3.63, 3.8) is 0 Å². The smallest absolute Gasteiger partial charge is 0.00401 e. The molecular weight excluding hydrogens is 188 g/mol. The van der Waals surface area contributed by atoms with E-state index < -0.39 is 0 Å². The van der Waals surface area contributed by atoms with Crippen molar-refractivity contribution in [3.05, 3.63) is 29.8 Å². The van der Waals surface area contributed by atoms with Gasteiger partial charge in [-0.25, -0.2) is 0 Å². The van der Waals surface area contributed by atoms with Crippen LogP contribution < -0.4 is 0 Å². The van der Waals surface area contributed by atoms with Gasteiger partial charge in [-0.3, -0.25) is 0 Å². The molecule has 1 aromatic carbocycles. The third-order valence-electron chi connectivity index (χ3n) is 3.38. The van der Waals surface area contributed by atoms with E-state index in [-0.39, 0.29) is 0 Å². The Balaban J connectivity index is 2.05. The minimum Gasteiger partial charge on any atom is -0.143 e. The number of benzene rings is 1. The van der Waals surface area contributed by atoms with E-state index in [1.165, 1.54) is 31.2 Å². The van der Waals surface area contributed by atoms with Crippen LogP contribution in [0.1, 0.15) is 44.1 Å². The van der Waals surface area contributed by atoms with Crippen LogP contribution in [0.25, 0.3) is 0 Å². The largest absolute Gasteiger partial charge is 0.143 e. The van der Waals surface area contributed by atoms with Crippen LogP contribution in [0.2, 0.25) is 0 Å². The molecule has 2 rings (SSSR count).